The van der Waals surface area contributed by atoms with Crippen molar-refractivity contribution in [3.63, 3.8) is 0 Å². The van der Waals surface area contributed by atoms with Crippen molar-refractivity contribution in [3.05, 3.63) is 59.5 Å². The molecule has 2 aromatic rings. The van der Waals surface area contributed by atoms with E-state index >= 15 is 0 Å². The maximum absolute atomic E-state index is 9.90. The van der Waals surface area contributed by atoms with Gasteiger partial charge in [0.1, 0.15) is 11.9 Å². The van der Waals surface area contributed by atoms with E-state index in [-0.39, 0.29) is 0 Å². The second-order valence-electron chi connectivity index (χ2n) is 3.91. The van der Waals surface area contributed by atoms with Gasteiger partial charge in [-0.15, -0.1) is 0 Å². The van der Waals surface area contributed by atoms with E-state index in [1.54, 1.807) is 18.4 Å². The fourth-order valence-electron chi connectivity index (χ4n) is 1.72. The average molecular weight is 216 g/mol. The molecule has 1 N–H and O–H groups in total. The Hall–Kier alpha value is -1.54. The minimum Gasteiger partial charge on any atom is -0.467 e. The summed E-state index contributed by atoms with van der Waals surface area (Å²) in [5.41, 5.74) is 2.44. The SMILES string of the molecule is CCc1ccc(CC(O)c2ccco2)cc1. The van der Waals surface area contributed by atoms with Crippen LogP contribution in [0.5, 0.6) is 0 Å². The van der Waals surface area contributed by atoms with E-state index < -0.39 is 6.10 Å². The summed E-state index contributed by atoms with van der Waals surface area (Å²) in [5.74, 6) is 0.625. The van der Waals surface area contributed by atoms with Crippen LogP contribution >= 0.6 is 0 Å². The van der Waals surface area contributed by atoms with Crippen molar-refractivity contribution in [2.24, 2.45) is 0 Å². The van der Waals surface area contributed by atoms with Crippen molar-refractivity contribution in [1.82, 2.24) is 0 Å². The van der Waals surface area contributed by atoms with Crippen LogP contribution in [0.3, 0.4) is 0 Å². The molecule has 0 amide bonds. The molecule has 0 bridgehead atoms. The Bertz CT molecular complexity index is 415. The highest BCUT2D eigenvalue weighted by Crippen LogP contribution is 2.18. The van der Waals surface area contributed by atoms with Gasteiger partial charge in [0.25, 0.3) is 0 Å². The number of aliphatic hydroxyl groups is 1. The molecule has 0 saturated heterocycles. The Labute approximate surface area is 95.5 Å². The largest absolute Gasteiger partial charge is 0.467 e. The highest BCUT2D eigenvalue weighted by atomic mass is 16.4. The smallest absolute Gasteiger partial charge is 0.132 e. The minimum atomic E-state index is -0.553. The lowest BCUT2D eigenvalue weighted by Gasteiger charge is -2.08. The first-order valence-electron chi connectivity index (χ1n) is 5.59. The van der Waals surface area contributed by atoms with E-state index in [2.05, 4.69) is 31.2 Å². The van der Waals surface area contributed by atoms with Crippen LogP contribution in [0.15, 0.2) is 47.1 Å². The topological polar surface area (TPSA) is 33.4 Å². The molecule has 1 aromatic carbocycles. The Kier molecular flexibility index (Phi) is 3.42. The third-order valence-corrected chi connectivity index (χ3v) is 2.73. The van der Waals surface area contributed by atoms with Gasteiger partial charge in [0, 0.05) is 6.42 Å². The van der Waals surface area contributed by atoms with E-state index in [0.717, 1.165) is 12.0 Å². The van der Waals surface area contributed by atoms with Crippen molar-refractivity contribution >= 4 is 0 Å². The molecule has 0 aliphatic rings. The van der Waals surface area contributed by atoms with Gasteiger partial charge in [-0.2, -0.15) is 0 Å². The number of benzene rings is 1. The maximum atomic E-state index is 9.90. The molecule has 2 nitrogen and oxygen atoms in total. The number of hydrogen-bond donors (Lipinski definition) is 1. The highest BCUT2D eigenvalue weighted by molar-refractivity contribution is 5.23. The summed E-state index contributed by atoms with van der Waals surface area (Å²) in [4.78, 5) is 0. The molecule has 0 aliphatic carbocycles. The van der Waals surface area contributed by atoms with Crippen LogP contribution in [0.1, 0.15) is 29.9 Å². The van der Waals surface area contributed by atoms with Crippen LogP contribution in [-0.2, 0) is 12.8 Å². The van der Waals surface area contributed by atoms with Crippen LogP contribution in [0.25, 0.3) is 0 Å². The van der Waals surface area contributed by atoms with Crippen LogP contribution < -0.4 is 0 Å². The third-order valence-electron chi connectivity index (χ3n) is 2.73. The van der Waals surface area contributed by atoms with Crippen molar-refractivity contribution in [2.45, 2.75) is 25.9 Å². The van der Waals surface area contributed by atoms with Crippen LogP contribution in [0, 0.1) is 0 Å². The molecule has 0 fully saturated rings. The first-order chi connectivity index (χ1) is 7.79. The van der Waals surface area contributed by atoms with E-state index in [1.165, 1.54) is 5.56 Å². The van der Waals surface area contributed by atoms with Gasteiger partial charge in [-0.1, -0.05) is 31.2 Å². The molecule has 2 rings (SSSR count). The molecule has 16 heavy (non-hydrogen) atoms. The van der Waals surface area contributed by atoms with Crippen molar-refractivity contribution in [3.8, 4) is 0 Å². The molecule has 1 aromatic heterocycles. The average Bonchev–Trinajstić information content (AvgIpc) is 2.83. The van der Waals surface area contributed by atoms with Crippen LogP contribution in [0.2, 0.25) is 0 Å². The summed E-state index contributed by atoms with van der Waals surface area (Å²) >= 11 is 0. The Balaban J connectivity index is 2.03. The van der Waals surface area contributed by atoms with E-state index in [1.807, 2.05) is 0 Å². The summed E-state index contributed by atoms with van der Waals surface area (Å²) < 4.78 is 5.16. The van der Waals surface area contributed by atoms with Gasteiger partial charge in [-0.3, -0.25) is 0 Å². The monoisotopic (exact) mass is 216 g/mol. The number of aliphatic hydroxyl groups excluding tert-OH is 1. The minimum absolute atomic E-state index is 0.553. The Morgan fingerprint density at radius 2 is 1.81 bits per heavy atom. The predicted octanol–water partition coefficient (Wildman–Crippen LogP) is 3.12. The van der Waals surface area contributed by atoms with Gasteiger partial charge in [-0.05, 0) is 29.7 Å². The standard InChI is InChI=1S/C14H16O2/c1-2-11-5-7-12(8-6-11)10-13(15)14-4-3-9-16-14/h3-9,13,15H,2,10H2,1H3. The summed E-state index contributed by atoms with van der Waals surface area (Å²) in [5, 5.41) is 9.90. The summed E-state index contributed by atoms with van der Waals surface area (Å²) in [6.07, 6.45) is 2.67. The molecule has 1 heterocycles. The van der Waals surface area contributed by atoms with Gasteiger partial charge in [0.05, 0.1) is 6.26 Å². The van der Waals surface area contributed by atoms with Gasteiger partial charge in [0.2, 0.25) is 0 Å². The summed E-state index contributed by atoms with van der Waals surface area (Å²) in [7, 11) is 0. The fourth-order valence-corrected chi connectivity index (χ4v) is 1.72. The van der Waals surface area contributed by atoms with E-state index in [4.69, 9.17) is 4.42 Å². The molecular formula is C14H16O2. The third kappa shape index (κ3) is 2.52. The zero-order chi connectivity index (χ0) is 11.4. The fraction of sp³-hybridized carbons (Fsp3) is 0.286. The summed E-state index contributed by atoms with van der Waals surface area (Å²) in [6.45, 7) is 2.13. The molecule has 0 saturated carbocycles. The van der Waals surface area contributed by atoms with Crippen LogP contribution in [-0.4, -0.2) is 5.11 Å². The van der Waals surface area contributed by atoms with Gasteiger partial charge >= 0.3 is 0 Å². The number of furan rings is 1. The second-order valence-corrected chi connectivity index (χ2v) is 3.91. The zero-order valence-electron chi connectivity index (χ0n) is 9.39. The molecule has 0 spiro atoms. The van der Waals surface area contributed by atoms with Crippen LogP contribution in [0.4, 0.5) is 0 Å². The number of hydrogen-bond acceptors (Lipinski definition) is 2. The number of rotatable bonds is 4. The maximum Gasteiger partial charge on any atom is 0.132 e. The summed E-state index contributed by atoms with van der Waals surface area (Å²) in [6, 6.07) is 11.9. The zero-order valence-corrected chi connectivity index (χ0v) is 9.39. The van der Waals surface area contributed by atoms with Crippen molar-refractivity contribution in [1.29, 1.82) is 0 Å². The molecular weight excluding hydrogens is 200 g/mol. The van der Waals surface area contributed by atoms with Gasteiger partial charge in [0.15, 0.2) is 0 Å². The normalized spacial score (nSPS) is 12.6. The lowest BCUT2D eigenvalue weighted by atomic mass is 10.0. The molecule has 84 valence electrons. The van der Waals surface area contributed by atoms with Gasteiger partial charge < -0.3 is 9.52 Å². The first kappa shape index (κ1) is 11.0. The lowest BCUT2D eigenvalue weighted by Crippen LogP contribution is -2.00. The Morgan fingerprint density at radius 3 is 2.38 bits per heavy atom. The number of aryl methyl sites for hydroxylation is 1. The predicted molar refractivity (Wildman–Crippen MR) is 63.2 cm³/mol. The van der Waals surface area contributed by atoms with E-state index in [9.17, 15) is 5.11 Å². The molecule has 2 heteroatoms. The lowest BCUT2D eigenvalue weighted by molar-refractivity contribution is 0.150. The molecule has 0 aliphatic heterocycles. The molecule has 0 radical (unpaired) electrons. The highest BCUT2D eigenvalue weighted by Gasteiger charge is 2.10. The molecule has 1 unspecified atom stereocenters. The second kappa shape index (κ2) is 4.99. The van der Waals surface area contributed by atoms with E-state index in [0.29, 0.717) is 12.2 Å². The van der Waals surface area contributed by atoms with Crippen molar-refractivity contribution in [2.75, 3.05) is 0 Å². The van der Waals surface area contributed by atoms with Crippen molar-refractivity contribution < 1.29 is 9.52 Å². The van der Waals surface area contributed by atoms with Gasteiger partial charge in [-0.25, -0.2) is 0 Å². The quantitative estimate of drug-likeness (QED) is 0.851. The first-order valence-corrected chi connectivity index (χ1v) is 5.59. The Morgan fingerprint density at radius 1 is 1.12 bits per heavy atom. The molecule has 1 atom stereocenters.